The van der Waals surface area contributed by atoms with Gasteiger partial charge < -0.3 is 5.32 Å². The van der Waals surface area contributed by atoms with E-state index in [9.17, 15) is 0 Å². The van der Waals surface area contributed by atoms with Crippen molar-refractivity contribution in [3.8, 4) is 0 Å². The van der Waals surface area contributed by atoms with Gasteiger partial charge in [0.1, 0.15) is 0 Å². The summed E-state index contributed by atoms with van der Waals surface area (Å²) in [6, 6.07) is 14.1. The van der Waals surface area contributed by atoms with Gasteiger partial charge >= 0.3 is 0 Å². The molecule has 20 heavy (non-hydrogen) atoms. The molecule has 0 bridgehead atoms. The first-order chi connectivity index (χ1) is 9.63. The van der Waals surface area contributed by atoms with E-state index in [1.54, 1.807) is 0 Å². The van der Waals surface area contributed by atoms with Crippen LogP contribution in [0.25, 0.3) is 0 Å². The highest BCUT2D eigenvalue weighted by atomic mass is 79.9. The fourth-order valence-electron chi connectivity index (χ4n) is 2.10. The van der Waals surface area contributed by atoms with Gasteiger partial charge in [-0.15, -0.1) is 0 Å². The van der Waals surface area contributed by atoms with E-state index in [4.69, 9.17) is 23.2 Å². The van der Waals surface area contributed by atoms with Crippen LogP contribution >= 0.6 is 39.1 Å². The number of benzene rings is 2. The summed E-state index contributed by atoms with van der Waals surface area (Å²) in [5.74, 6) is 0. The molecule has 2 aromatic rings. The summed E-state index contributed by atoms with van der Waals surface area (Å²) >= 11 is 15.8. The molecule has 1 atom stereocenters. The van der Waals surface area contributed by atoms with Crippen LogP contribution in [0.1, 0.15) is 30.5 Å². The molecular weight excluding hydrogens is 357 g/mol. The smallest absolute Gasteiger partial charge is 0.0595 e. The van der Waals surface area contributed by atoms with Gasteiger partial charge in [0.05, 0.1) is 16.1 Å². The molecule has 0 heterocycles. The van der Waals surface area contributed by atoms with E-state index >= 15 is 0 Å². The molecule has 0 radical (unpaired) electrons. The van der Waals surface area contributed by atoms with Gasteiger partial charge in [-0.3, -0.25) is 0 Å². The molecule has 0 saturated carbocycles. The molecule has 0 aromatic heterocycles. The summed E-state index contributed by atoms with van der Waals surface area (Å²) < 4.78 is 1.08. The van der Waals surface area contributed by atoms with Crippen LogP contribution in [0.3, 0.4) is 0 Å². The van der Waals surface area contributed by atoms with E-state index in [0.29, 0.717) is 10.0 Å². The Balaban J connectivity index is 2.41. The zero-order valence-corrected chi connectivity index (χ0v) is 14.3. The molecule has 2 aromatic carbocycles. The maximum atomic E-state index is 6.15. The predicted molar refractivity (Wildman–Crippen MR) is 90.7 cm³/mol. The number of rotatable bonds is 5. The van der Waals surface area contributed by atoms with Gasteiger partial charge in [0, 0.05) is 4.47 Å². The van der Waals surface area contributed by atoms with Crippen molar-refractivity contribution in [1.82, 2.24) is 5.32 Å². The maximum absolute atomic E-state index is 6.15. The fraction of sp³-hybridized carbons (Fsp3) is 0.250. The van der Waals surface area contributed by atoms with Gasteiger partial charge in [-0.2, -0.15) is 0 Å². The molecule has 0 amide bonds. The van der Waals surface area contributed by atoms with Crippen molar-refractivity contribution in [2.75, 3.05) is 6.54 Å². The highest BCUT2D eigenvalue weighted by molar-refractivity contribution is 9.10. The van der Waals surface area contributed by atoms with Crippen LogP contribution in [0.2, 0.25) is 10.0 Å². The summed E-state index contributed by atoms with van der Waals surface area (Å²) in [6.07, 6.45) is 1.07. The van der Waals surface area contributed by atoms with Gasteiger partial charge in [-0.1, -0.05) is 70.3 Å². The normalized spacial score (nSPS) is 12.4. The quantitative estimate of drug-likeness (QED) is 0.694. The Labute approximate surface area is 138 Å². The van der Waals surface area contributed by atoms with E-state index in [1.807, 2.05) is 36.4 Å². The second-order valence-corrected chi connectivity index (χ2v) is 6.25. The molecule has 0 spiro atoms. The highest BCUT2D eigenvalue weighted by Crippen LogP contribution is 2.32. The number of halogens is 3. The van der Waals surface area contributed by atoms with E-state index < -0.39 is 0 Å². The maximum Gasteiger partial charge on any atom is 0.0595 e. The molecule has 1 unspecified atom stereocenters. The Bertz CT molecular complexity index is 586. The first-order valence-electron chi connectivity index (χ1n) is 6.56. The molecule has 0 aliphatic carbocycles. The third-order valence-corrected chi connectivity index (χ3v) is 4.55. The van der Waals surface area contributed by atoms with Crippen molar-refractivity contribution in [3.63, 3.8) is 0 Å². The SMILES string of the molecule is CCCNC(c1ccc(Cl)c(Cl)c1)c1ccccc1Br. The standard InChI is InChI=1S/C16H16BrCl2N/c1-2-9-20-16(12-5-3-4-6-13(12)17)11-7-8-14(18)15(19)10-11/h3-8,10,16,20H,2,9H2,1H3. The lowest BCUT2D eigenvalue weighted by molar-refractivity contribution is 0.597. The molecule has 0 aliphatic rings. The molecule has 4 heteroatoms. The second-order valence-electron chi connectivity index (χ2n) is 4.58. The van der Waals surface area contributed by atoms with Crippen LogP contribution in [0.5, 0.6) is 0 Å². The van der Waals surface area contributed by atoms with E-state index in [1.165, 1.54) is 5.56 Å². The molecule has 0 fully saturated rings. The lowest BCUT2D eigenvalue weighted by Crippen LogP contribution is -2.23. The molecule has 0 aliphatic heterocycles. The first kappa shape index (κ1) is 15.8. The van der Waals surface area contributed by atoms with Gasteiger partial charge in [0.15, 0.2) is 0 Å². The highest BCUT2D eigenvalue weighted by Gasteiger charge is 2.16. The molecule has 2 rings (SSSR count). The van der Waals surface area contributed by atoms with Crippen molar-refractivity contribution in [2.24, 2.45) is 0 Å². The fourth-order valence-corrected chi connectivity index (χ4v) is 2.92. The van der Waals surface area contributed by atoms with Crippen LogP contribution in [-0.4, -0.2) is 6.54 Å². The van der Waals surface area contributed by atoms with E-state index in [-0.39, 0.29) is 6.04 Å². The average Bonchev–Trinajstić information content (AvgIpc) is 2.44. The van der Waals surface area contributed by atoms with Crippen molar-refractivity contribution < 1.29 is 0 Å². The van der Waals surface area contributed by atoms with E-state index in [2.05, 4.69) is 34.2 Å². The van der Waals surface area contributed by atoms with Crippen LogP contribution in [0.4, 0.5) is 0 Å². The Morgan fingerprint density at radius 1 is 1.10 bits per heavy atom. The molecule has 106 valence electrons. The van der Waals surface area contributed by atoms with Crippen molar-refractivity contribution >= 4 is 39.1 Å². The van der Waals surface area contributed by atoms with Crippen LogP contribution in [0, 0.1) is 0 Å². The third kappa shape index (κ3) is 3.76. The molecule has 0 saturated heterocycles. The topological polar surface area (TPSA) is 12.0 Å². The lowest BCUT2D eigenvalue weighted by Gasteiger charge is -2.21. The zero-order chi connectivity index (χ0) is 14.5. The minimum Gasteiger partial charge on any atom is -0.306 e. The number of hydrogen-bond donors (Lipinski definition) is 1. The summed E-state index contributed by atoms with van der Waals surface area (Å²) in [7, 11) is 0. The number of hydrogen-bond acceptors (Lipinski definition) is 1. The Kier molecular flexibility index (Phi) is 5.91. The minimum absolute atomic E-state index is 0.0975. The largest absolute Gasteiger partial charge is 0.306 e. The summed E-state index contributed by atoms with van der Waals surface area (Å²) in [6.45, 7) is 3.09. The second kappa shape index (κ2) is 7.46. The van der Waals surface area contributed by atoms with Crippen molar-refractivity contribution in [1.29, 1.82) is 0 Å². The molecule has 1 nitrogen and oxygen atoms in total. The Hall–Kier alpha value is -0.540. The molecule has 1 N–H and O–H groups in total. The van der Waals surface area contributed by atoms with E-state index in [0.717, 1.165) is 23.0 Å². The molecular formula is C16H16BrCl2N. The first-order valence-corrected chi connectivity index (χ1v) is 8.11. The van der Waals surface area contributed by atoms with Crippen LogP contribution in [0.15, 0.2) is 46.9 Å². The summed E-state index contributed by atoms with van der Waals surface area (Å²) in [5, 5.41) is 4.72. The minimum atomic E-state index is 0.0975. The van der Waals surface area contributed by atoms with Gasteiger partial charge in [-0.25, -0.2) is 0 Å². The van der Waals surface area contributed by atoms with Crippen molar-refractivity contribution in [3.05, 3.63) is 68.1 Å². The summed E-state index contributed by atoms with van der Waals surface area (Å²) in [5.41, 5.74) is 2.30. The zero-order valence-electron chi connectivity index (χ0n) is 11.2. The lowest BCUT2D eigenvalue weighted by atomic mass is 9.98. The van der Waals surface area contributed by atoms with Gasteiger partial charge in [0.25, 0.3) is 0 Å². The monoisotopic (exact) mass is 371 g/mol. The Morgan fingerprint density at radius 3 is 2.50 bits per heavy atom. The van der Waals surface area contributed by atoms with Crippen molar-refractivity contribution in [2.45, 2.75) is 19.4 Å². The Morgan fingerprint density at radius 2 is 1.85 bits per heavy atom. The van der Waals surface area contributed by atoms with Crippen LogP contribution in [-0.2, 0) is 0 Å². The van der Waals surface area contributed by atoms with Gasteiger partial charge in [0.2, 0.25) is 0 Å². The average molecular weight is 373 g/mol. The van der Waals surface area contributed by atoms with Crippen LogP contribution < -0.4 is 5.32 Å². The number of nitrogens with one attached hydrogen (secondary N) is 1. The third-order valence-electron chi connectivity index (χ3n) is 3.09. The van der Waals surface area contributed by atoms with Gasteiger partial charge in [-0.05, 0) is 42.3 Å². The summed E-state index contributed by atoms with van der Waals surface area (Å²) in [4.78, 5) is 0. The predicted octanol–water partition coefficient (Wildman–Crippen LogP) is 5.84.